The van der Waals surface area contributed by atoms with Crippen molar-refractivity contribution in [1.29, 1.82) is 5.26 Å². The van der Waals surface area contributed by atoms with Gasteiger partial charge in [-0.05, 0) is 30.0 Å². The number of nitrogens with zero attached hydrogens (tertiary/aromatic N) is 3. The van der Waals surface area contributed by atoms with Gasteiger partial charge in [0.1, 0.15) is 9.71 Å². The number of fused-ring (bicyclic) bond motifs is 1. The number of aryl methyl sites for hydroxylation is 1. The number of carbonyl (C=O) groups is 1. The Balaban J connectivity index is 2.00. The van der Waals surface area contributed by atoms with Crippen LogP contribution in [0.15, 0.2) is 35.4 Å². The average molecular weight is 381 g/mol. The van der Waals surface area contributed by atoms with E-state index in [0.29, 0.717) is 32.8 Å². The van der Waals surface area contributed by atoms with Crippen molar-refractivity contribution < 1.29 is 9.53 Å². The lowest BCUT2D eigenvalue weighted by Crippen LogP contribution is -2.21. The molecular formula is C20H19N3O3S. The third kappa shape index (κ3) is 3.76. The summed E-state index contributed by atoms with van der Waals surface area (Å²) >= 11 is 1.17. The van der Waals surface area contributed by atoms with Gasteiger partial charge in [-0.2, -0.15) is 5.26 Å². The van der Waals surface area contributed by atoms with Gasteiger partial charge in [-0.1, -0.05) is 32.0 Å². The normalized spacial score (nSPS) is 10.9. The zero-order valence-electron chi connectivity index (χ0n) is 15.4. The van der Waals surface area contributed by atoms with Crippen LogP contribution in [0.4, 0.5) is 0 Å². The van der Waals surface area contributed by atoms with Crippen molar-refractivity contribution in [3.8, 4) is 6.07 Å². The molecule has 27 heavy (non-hydrogen) atoms. The highest BCUT2D eigenvalue weighted by Gasteiger charge is 2.21. The smallest absolute Gasteiger partial charge is 0.348 e. The van der Waals surface area contributed by atoms with Crippen molar-refractivity contribution in [2.45, 2.75) is 27.3 Å². The molecule has 0 radical (unpaired) electrons. The minimum atomic E-state index is -0.426. The lowest BCUT2D eigenvalue weighted by Gasteiger charge is -2.07. The number of hydrogen-bond donors (Lipinski definition) is 0. The van der Waals surface area contributed by atoms with E-state index in [0.717, 1.165) is 5.56 Å². The van der Waals surface area contributed by atoms with Gasteiger partial charge in [0.25, 0.3) is 5.56 Å². The highest BCUT2D eigenvalue weighted by Crippen LogP contribution is 2.27. The van der Waals surface area contributed by atoms with Gasteiger partial charge >= 0.3 is 5.97 Å². The average Bonchev–Trinajstić information content (AvgIpc) is 2.99. The van der Waals surface area contributed by atoms with Gasteiger partial charge in [-0.25, -0.2) is 9.78 Å². The minimum Gasteiger partial charge on any atom is -0.461 e. The Bertz CT molecular complexity index is 1110. The van der Waals surface area contributed by atoms with Crippen molar-refractivity contribution in [3.63, 3.8) is 0 Å². The van der Waals surface area contributed by atoms with Crippen LogP contribution < -0.4 is 5.56 Å². The summed E-state index contributed by atoms with van der Waals surface area (Å²) in [5.74, 6) is -0.191. The fourth-order valence-electron chi connectivity index (χ4n) is 2.73. The molecule has 0 aliphatic rings. The van der Waals surface area contributed by atoms with E-state index >= 15 is 0 Å². The van der Waals surface area contributed by atoms with Crippen LogP contribution in [0.5, 0.6) is 0 Å². The summed E-state index contributed by atoms with van der Waals surface area (Å²) in [6.07, 6.45) is 1.46. The first-order valence-corrected chi connectivity index (χ1v) is 9.37. The lowest BCUT2D eigenvalue weighted by atomic mass is 10.1. The van der Waals surface area contributed by atoms with Crippen LogP contribution in [-0.2, 0) is 11.3 Å². The largest absolute Gasteiger partial charge is 0.461 e. The van der Waals surface area contributed by atoms with Crippen molar-refractivity contribution in [1.82, 2.24) is 9.55 Å². The molecule has 6 nitrogen and oxygen atoms in total. The summed E-state index contributed by atoms with van der Waals surface area (Å²) in [5.41, 5.74) is 1.62. The van der Waals surface area contributed by atoms with Gasteiger partial charge in [0.15, 0.2) is 0 Å². The number of rotatable bonds is 5. The van der Waals surface area contributed by atoms with Crippen LogP contribution in [-0.4, -0.2) is 22.1 Å². The summed E-state index contributed by atoms with van der Waals surface area (Å²) in [7, 11) is 0. The molecule has 0 N–H and O–H groups in total. The van der Waals surface area contributed by atoms with E-state index in [-0.39, 0.29) is 18.0 Å². The van der Waals surface area contributed by atoms with Gasteiger partial charge < -0.3 is 4.74 Å². The second kappa shape index (κ2) is 7.72. The number of carbonyl (C=O) groups excluding carboxylic acids is 1. The number of benzene rings is 1. The molecule has 0 fully saturated rings. The van der Waals surface area contributed by atoms with Crippen LogP contribution in [0.25, 0.3) is 10.2 Å². The van der Waals surface area contributed by atoms with Crippen LogP contribution >= 0.6 is 11.3 Å². The minimum absolute atomic E-state index is 0.232. The van der Waals surface area contributed by atoms with E-state index in [2.05, 4.69) is 11.1 Å². The maximum Gasteiger partial charge on any atom is 0.348 e. The van der Waals surface area contributed by atoms with E-state index in [1.54, 1.807) is 19.1 Å². The maximum absolute atomic E-state index is 12.9. The lowest BCUT2D eigenvalue weighted by molar-refractivity contribution is 0.0464. The SMILES string of the molecule is Cc1c(C(=O)OCC(C)C)sc2ncn(Cc3ccccc3C#N)c(=O)c12. The molecule has 3 rings (SSSR count). The predicted molar refractivity (Wildman–Crippen MR) is 104 cm³/mol. The maximum atomic E-state index is 12.9. The number of thiophene rings is 1. The zero-order valence-corrected chi connectivity index (χ0v) is 16.2. The highest BCUT2D eigenvalue weighted by atomic mass is 32.1. The van der Waals surface area contributed by atoms with Gasteiger partial charge in [0, 0.05) is 0 Å². The fraction of sp³-hybridized carbons (Fsp3) is 0.300. The first-order chi connectivity index (χ1) is 12.9. The van der Waals surface area contributed by atoms with Gasteiger partial charge in [-0.3, -0.25) is 9.36 Å². The van der Waals surface area contributed by atoms with Crippen LogP contribution in [0, 0.1) is 24.2 Å². The molecule has 7 heteroatoms. The number of nitriles is 1. The van der Waals surface area contributed by atoms with Gasteiger partial charge in [0.05, 0.1) is 36.5 Å². The monoisotopic (exact) mass is 381 g/mol. The molecule has 2 aromatic heterocycles. The molecule has 2 heterocycles. The fourth-order valence-corrected chi connectivity index (χ4v) is 3.76. The molecule has 0 saturated carbocycles. The zero-order chi connectivity index (χ0) is 19.6. The van der Waals surface area contributed by atoms with Crippen molar-refractivity contribution >= 4 is 27.5 Å². The molecule has 3 aromatic rings. The Hall–Kier alpha value is -2.98. The van der Waals surface area contributed by atoms with E-state index in [9.17, 15) is 14.9 Å². The van der Waals surface area contributed by atoms with Gasteiger partial charge in [-0.15, -0.1) is 11.3 Å². The topological polar surface area (TPSA) is 85.0 Å². The Morgan fingerprint density at radius 1 is 1.37 bits per heavy atom. The number of esters is 1. The number of hydrogen-bond acceptors (Lipinski definition) is 6. The summed E-state index contributed by atoms with van der Waals surface area (Å²) in [4.78, 5) is 30.5. The summed E-state index contributed by atoms with van der Waals surface area (Å²) < 4.78 is 6.75. The molecule has 0 spiro atoms. The number of ether oxygens (including phenoxy) is 1. The summed E-state index contributed by atoms with van der Waals surface area (Å²) in [6, 6.07) is 9.26. The summed E-state index contributed by atoms with van der Waals surface area (Å²) in [6.45, 7) is 6.24. The van der Waals surface area contributed by atoms with Gasteiger partial charge in [0.2, 0.25) is 0 Å². The van der Waals surface area contributed by atoms with Crippen molar-refractivity contribution in [3.05, 3.63) is 62.5 Å². The van der Waals surface area contributed by atoms with E-state index in [1.807, 2.05) is 26.0 Å². The Labute approximate surface area is 160 Å². The Morgan fingerprint density at radius 3 is 2.81 bits per heavy atom. The molecule has 0 atom stereocenters. The van der Waals surface area contributed by atoms with E-state index in [4.69, 9.17) is 4.74 Å². The van der Waals surface area contributed by atoms with Crippen LogP contribution in [0.1, 0.15) is 40.2 Å². The molecule has 0 aliphatic heterocycles. The quantitative estimate of drug-likeness (QED) is 0.632. The molecule has 0 unspecified atom stereocenters. The van der Waals surface area contributed by atoms with Crippen LogP contribution in [0.3, 0.4) is 0 Å². The van der Waals surface area contributed by atoms with Crippen molar-refractivity contribution in [2.75, 3.05) is 6.61 Å². The van der Waals surface area contributed by atoms with Crippen LogP contribution in [0.2, 0.25) is 0 Å². The van der Waals surface area contributed by atoms with E-state index in [1.165, 1.54) is 22.2 Å². The van der Waals surface area contributed by atoms with Crippen molar-refractivity contribution in [2.24, 2.45) is 5.92 Å². The molecule has 0 amide bonds. The second-order valence-electron chi connectivity index (χ2n) is 6.68. The molecule has 1 aromatic carbocycles. The first kappa shape index (κ1) is 18.8. The number of aromatic nitrogens is 2. The Kier molecular flexibility index (Phi) is 5.38. The predicted octanol–water partition coefficient (Wildman–Crippen LogP) is 3.50. The molecular weight excluding hydrogens is 362 g/mol. The molecule has 0 bridgehead atoms. The van der Waals surface area contributed by atoms with E-state index < -0.39 is 5.97 Å². The summed E-state index contributed by atoms with van der Waals surface area (Å²) in [5, 5.41) is 9.66. The molecule has 0 aliphatic carbocycles. The Morgan fingerprint density at radius 2 is 2.11 bits per heavy atom. The standard InChI is InChI=1S/C20H19N3O3S/c1-12(2)10-26-20(25)17-13(3)16-18(27-17)22-11-23(19(16)24)9-15-7-5-4-6-14(15)8-21/h4-7,11-12H,9-10H2,1-3H3. The third-order valence-electron chi connectivity index (χ3n) is 4.13. The third-order valence-corrected chi connectivity index (χ3v) is 5.31. The molecule has 0 saturated heterocycles. The molecule has 138 valence electrons. The highest BCUT2D eigenvalue weighted by molar-refractivity contribution is 7.20. The second-order valence-corrected chi connectivity index (χ2v) is 7.67. The first-order valence-electron chi connectivity index (χ1n) is 8.56.